The molecule has 3 aromatic carbocycles. The highest BCUT2D eigenvalue weighted by atomic mass is 35.5. The number of fused-ring (bicyclic) bond motifs is 1. The summed E-state index contributed by atoms with van der Waals surface area (Å²) >= 11 is 0. The first kappa shape index (κ1) is 24.2. The summed E-state index contributed by atoms with van der Waals surface area (Å²) in [5.41, 5.74) is 1.68. The normalized spacial score (nSPS) is 10.2. The van der Waals surface area contributed by atoms with Crippen molar-refractivity contribution in [1.29, 1.82) is 0 Å². The fourth-order valence-electron chi connectivity index (χ4n) is 3.01. The van der Waals surface area contributed by atoms with Gasteiger partial charge in [-0.05, 0) is 49.5 Å². The number of ether oxygens (including phenoxy) is 1. The van der Waals surface area contributed by atoms with Gasteiger partial charge < -0.3 is 15.4 Å². The molecule has 0 amide bonds. The first-order chi connectivity index (χ1) is 12.8. The van der Waals surface area contributed by atoms with Crippen LogP contribution in [0.25, 0.3) is 10.8 Å². The molecule has 0 fully saturated rings. The van der Waals surface area contributed by atoms with Crippen LogP contribution in [0.1, 0.15) is 17.5 Å². The van der Waals surface area contributed by atoms with Gasteiger partial charge >= 0.3 is 0 Å². The average Bonchev–Trinajstić information content (AvgIpc) is 2.68. The van der Waals surface area contributed by atoms with Gasteiger partial charge in [0, 0.05) is 17.7 Å². The number of hydrogen-bond acceptors (Lipinski definition) is 3. The van der Waals surface area contributed by atoms with Gasteiger partial charge in [-0.25, -0.2) is 4.39 Å². The summed E-state index contributed by atoms with van der Waals surface area (Å²) in [6.45, 7) is 2.85. The lowest BCUT2D eigenvalue weighted by molar-refractivity contribution is 0.296. The lowest BCUT2D eigenvalue weighted by Gasteiger charge is -2.15. The van der Waals surface area contributed by atoms with E-state index in [9.17, 15) is 4.39 Å². The molecule has 0 atom stereocenters. The van der Waals surface area contributed by atoms with E-state index in [4.69, 9.17) is 4.74 Å². The SMILES string of the molecule is CNCCCNCc1c(OCc2ccccc2F)ccc2ccccc12.Cl.Cl. The number of benzene rings is 3. The molecule has 0 aliphatic heterocycles. The Morgan fingerprint density at radius 3 is 2.43 bits per heavy atom. The zero-order valence-electron chi connectivity index (χ0n) is 15.9. The molecule has 152 valence electrons. The summed E-state index contributed by atoms with van der Waals surface area (Å²) in [4.78, 5) is 0. The molecular formula is C22H27Cl2FN2O. The van der Waals surface area contributed by atoms with Gasteiger partial charge in [0.2, 0.25) is 0 Å². The van der Waals surface area contributed by atoms with Crippen molar-refractivity contribution in [2.24, 2.45) is 0 Å². The van der Waals surface area contributed by atoms with Crippen molar-refractivity contribution in [3.05, 3.63) is 77.6 Å². The van der Waals surface area contributed by atoms with E-state index in [1.807, 2.05) is 31.3 Å². The van der Waals surface area contributed by atoms with Crippen LogP contribution >= 0.6 is 24.8 Å². The summed E-state index contributed by atoms with van der Waals surface area (Å²) in [7, 11) is 1.96. The molecule has 0 aromatic heterocycles. The summed E-state index contributed by atoms with van der Waals surface area (Å²) in [5, 5.41) is 8.98. The fraction of sp³-hybridized carbons (Fsp3) is 0.273. The van der Waals surface area contributed by atoms with Crippen LogP contribution < -0.4 is 15.4 Å². The van der Waals surface area contributed by atoms with Crippen LogP contribution in [0, 0.1) is 5.82 Å². The lowest BCUT2D eigenvalue weighted by Crippen LogP contribution is -2.20. The van der Waals surface area contributed by atoms with Crippen LogP contribution in [0.5, 0.6) is 5.75 Å². The van der Waals surface area contributed by atoms with Gasteiger partial charge in [-0.3, -0.25) is 0 Å². The summed E-state index contributed by atoms with van der Waals surface area (Å²) in [5.74, 6) is 0.563. The molecule has 0 heterocycles. The Kier molecular flexibility index (Phi) is 10.9. The zero-order valence-corrected chi connectivity index (χ0v) is 17.5. The average molecular weight is 425 g/mol. The molecule has 0 unspecified atom stereocenters. The van der Waals surface area contributed by atoms with E-state index in [-0.39, 0.29) is 37.2 Å². The standard InChI is InChI=1S/C22H25FN2O.2ClH/c1-24-13-6-14-25-15-20-19-9-4-2-7-17(19)11-12-22(20)26-16-18-8-3-5-10-21(18)23;;/h2-5,7-12,24-25H,6,13-16H2,1H3;2*1H. The molecule has 0 aliphatic rings. The minimum atomic E-state index is -0.236. The lowest BCUT2D eigenvalue weighted by atomic mass is 10.0. The Labute approximate surface area is 178 Å². The maximum Gasteiger partial charge on any atom is 0.129 e. The third-order valence-corrected chi connectivity index (χ3v) is 4.42. The zero-order chi connectivity index (χ0) is 18.2. The molecular weight excluding hydrogens is 398 g/mol. The second-order valence-corrected chi connectivity index (χ2v) is 6.28. The van der Waals surface area contributed by atoms with Crippen molar-refractivity contribution in [2.45, 2.75) is 19.6 Å². The van der Waals surface area contributed by atoms with Crippen LogP contribution in [0.2, 0.25) is 0 Å². The highest BCUT2D eigenvalue weighted by Crippen LogP contribution is 2.29. The van der Waals surface area contributed by atoms with Crippen LogP contribution in [-0.2, 0) is 13.2 Å². The Morgan fingerprint density at radius 2 is 1.64 bits per heavy atom. The van der Waals surface area contributed by atoms with E-state index in [1.54, 1.807) is 12.1 Å². The smallest absolute Gasteiger partial charge is 0.129 e. The van der Waals surface area contributed by atoms with Gasteiger partial charge in [-0.2, -0.15) is 0 Å². The Bertz CT molecular complexity index is 861. The fourth-order valence-corrected chi connectivity index (χ4v) is 3.01. The molecule has 0 spiro atoms. The van der Waals surface area contributed by atoms with Gasteiger partial charge in [0.05, 0.1) is 0 Å². The third kappa shape index (κ3) is 6.35. The Morgan fingerprint density at radius 1 is 0.893 bits per heavy atom. The summed E-state index contributed by atoms with van der Waals surface area (Å²) in [6.07, 6.45) is 1.06. The van der Waals surface area contributed by atoms with Crippen molar-refractivity contribution in [3.63, 3.8) is 0 Å². The van der Waals surface area contributed by atoms with Gasteiger partial charge in [-0.15, -0.1) is 24.8 Å². The van der Waals surface area contributed by atoms with E-state index in [0.717, 1.165) is 37.4 Å². The van der Waals surface area contributed by atoms with Crippen LogP contribution in [0.3, 0.4) is 0 Å². The van der Waals surface area contributed by atoms with Crippen molar-refractivity contribution < 1.29 is 9.13 Å². The van der Waals surface area contributed by atoms with Crippen molar-refractivity contribution in [2.75, 3.05) is 20.1 Å². The predicted octanol–water partition coefficient (Wildman–Crippen LogP) is 5.10. The second kappa shape index (κ2) is 12.6. The quantitative estimate of drug-likeness (QED) is 0.468. The van der Waals surface area contributed by atoms with E-state index in [2.05, 4.69) is 28.8 Å². The van der Waals surface area contributed by atoms with Crippen LogP contribution in [-0.4, -0.2) is 20.1 Å². The Hall–Kier alpha value is -1.85. The van der Waals surface area contributed by atoms with E-state index in [1.165, 1.54) is 16.8 Å². The van der Waals surface area contributed by atoms with E-state index < -0.39 is 0 Å². The monoisotopic (exact) mass is 424 g/mol. The van der Waals surface area contributed by atoms with E-state index >= 15 is 0 Å². The molecule has 3 rings (SSSR count). The largest absolute Gasteiger partial charge is 0.488 e. The molecule has 0 bridgehead atoms. The highest BCUT2D eigenvalue weighted by molar-refractivity contribution is 5.87. The molecule has 0 radical (unpaired) electrons. The van der Waals surface area contributed by atoms with Gasteiger partial charge in [0.25, 0.3) is 0 Å². The first-order valence-corrected chi connectivity index (χ1v) is 9.01. The molecule has 2 N–H and O–H groups in total. The topological polar surface area (TPSA) is 33.3 Å². The predicted molar refractivity (Wildman–Crippen MR) is 119 cm³/mol. The van der Waals surface area contributed by atoms with Crippen molar-refractivity contribution >= 4 is 35.6 Å². The molecule has 0 saturated carbocycles. The summed E-state index contributed by atoms with van der Waals surface area (Å²) in [6, 6.07) is 19.0. The Balaban J connectivity index is 0.00000196. The van der Waals surface area contributed by atoms with Gasteiger partial charge in [0.1, 0.15) is 18.2 Å². The van der Waals surface area contributed by atoms with Crippen LogP contribution in [0.15, 0.2) is 60.7 Å². The van der Waals surface area contributed by atoms with Crippen LogP contribution in [0.4, 0.5) is 4.39 Å². The third-order valence-electron chi connectivity index (χ3n) is 4.42. The van der Waals surface area contributed by atoms with Crippen molar-refractivity contribution in [3.8, 4) is 5.75 Å². The molecule has 0 saturated heterocycles. The summed E-state index contributed by atoms with van der Waals surface area (Å²) < 4.78 is 19.9. The molecule has 0 aliphatic carbocycles. The molecule has 3 aromatic rings. The van der Waals surface area contributed by atoms with Gasteiger partial charge in [-0.1, -0.05) is 48.5 Å². The molecule has 28 heavy (non-hydrogen) atoms. The highest BCUT2D eigenvalue weighted by Gasteiger charge is 2.10. The van der Waals surface area contributed by atoms with Crippen molar-refractivity contribution in [1.82, 2.24) is 10.6 Å². The maximum atomic E-state index is 13.9. The minimum absolute atomic E-state index is 0. The number of hydrogen-bond donors (Lipinski definition) is 2. The molecule has 3 nitrogen and oxygen atoms in total. The van der Waals surface area contributed by atoms with E-state index in [0.29, 0.717) is 5.56 Å². The second-order valence-electron chi connectivity index (χ2n) is 6.28. The first-order valence-electron chi connectivity index (χ1n) is 9.01. The minimum Gasteiger partial charge on any atom is -0.488 e. The molecule has 6 heteroatoms. The number of nitrogens with one attached hydrogen (secondary N) is 2. The number of rotatable bonds is 9. The number of halogens is 3. The maximum absolute atomic E-state index is 13.9. The van der Waals surface area contributed by atoms with Gasteiger partial charge in [0.15, 0.2) is 0 Å².